The van der Waals surface area contributed by atoms with E-state index < -0.39 is 0 Å². The first-order valence-corrected chi connectivity index (χ1v) is 7.55. The third-order valence-electron chi connectivity index (χ3n) is 3.23. The first-order valence-electron chi connectivity index (χ1n) is 6.67. The minimum absolute atomic E-state index is 0.557. The summed E-state index contributed by atoms with van der Waals surface area (Å²) in [6.07, 6.45) is 0. The van der Waals surface area contributed by atoms with Crippen LogP contribution < -0.4 is 5.32 Å². The number of benzene rings is 1. The van der Waals surface area contributed by atoms with Crippen LogP contribution in [0.5, 0.6) is 0 Å². The van der Waals surface area contributed by atoms with Crippen molar-refractivity contribution in [3.63, 3.8) is 0 Å². The van der Waals surface area contributed by atoms with Crippen molar-refractivity contribution in [3.8, 4) is 22.2 Å². The van der Waals surface area contributed by atoms with E-state index in [1.165, 1.54) is 0 Å². The van der Waals surface area contributed by atoms with Crippen molar-refractivity contribution in [2.24, 2.45) is 4.99 Å². The fourth-order valence-electron chi connectivity index (χ4n) is 2.24. The minimum atomic E-state index is 0.557. The van der Waals surface area contributed by atoms with E-state index in [2.05, 4.69) is 20.4 Å². The smallest absolute Gasteiger partial charge is 0.268 e. The van der Waals surface area contributed by atoms with E-state index >= 15 is 0 Å². The number of aliphatic imine (C=N–C) groups is 1. The number of nitrogens with zero attached hydrogens (tertiary/aromatic N) is 3. The highest BCUT2D eigenvalue weighted by molar-refractivity contribution is 7.13. The molecule has 6 heteroatoms. The van der Waals surface area contributed by atoms with Gasteiger partial charge in [0.25, 0.3) is 5.89 Å². The molecule has 0 amide bonds. The molecule has 0 radical (unpaired) electrons. The molecule has 0 spiro atoms. The Labute approximate surface area is 125 Å². The number of aromatic nitrogens is 2. The molecule has 0 aliphatic carbocycles. The van der Waals surface area contributed by atoms with Crippen molar-refractivity contribution in [2.75, 3.05) is 13.1 Å². The maximum atomic E-state index is 5.33. The van der Waals surface area contributed by atoms with E-state index in [-0.39, 0.29) is 0 Å². The van der Waals surface area contributed by atoms with Crippen LogP contribution in [0.15, 0.2) is 51.3 Å². The van der Waals surface area contributed by atoms with Crippen LogP contribution in [-0.2, 0) is 0 Å². The quantitative estimate of drug-likeness (QED) is 0.807. The van der Waals surface area contributed by atoms with E-state index in [1.807, 2.05) is 41.8 Å². The number of thiophene rings is 1. The number of hydrogen-bond donors (Lipinski definition) is 1. The van der Waals surface area contributed by atoms with Gasteiger partial charge in [0.15, 0.2) is 0 Å². The highest BCUT2D eigenvalue weighted by Gasteiger charge is 2.13. The molecule has 1 aliphatic heterocycles. The topological polar surface area (TPSA) is 63.3 Å². The summed E-state index contributed by atoms with van der Waals surface area (Å²) in [7, 11) is 0. The third-order valence-corrected chi connectivity index (χ3v) is 4.08. The first kappa shape index (κ1) is 12.3. The second kappa shape index (κ2) is 5.14. The number of rotatable bonds is 3. The van der Waals surface area contributed by atoms with E-state index in [0.29, 0.717) is 11.7 Å². The molecule has 3 heterocycles. The Bertz CT molecular complexity index is 792. The van der Waals surface area contributed by atoms with Gasteiger partial charge < -0.3 is 9.84 Å². The lowest BCUT2D eigenvalue weighted by Gasteiger charge is -2.03. The van der Waals surface area contributed by atoms with Gasteiger partial charge in [-0.15, -0.1) is 11.3 Å². The average Bonchev–Trinajstić information content (AvgIpc) is 3.26. The fourth-order valence-corrected chi connectivity index (χ4v) is 2.88. The van der Waals surface area contributed by atoms with Crippen molar-refractivity contribution < 1.29 is 4.52 Å². The second-order valence-electron chi connectivity index (χ2n) is 4.64. The van der Waals surface area contributed by atoms with E-state index in [1.54, 1.807) is 11.3 Å². The molecule has 0 saturated carbocycles. The molecule has 0 atom stereocenters. The van der Waals surface area contributed by atoms with Crippen LogP contribution in [0.1, 0.15) is 5.56 Å². The molecular weight excluding hydrogens is 284 g/mol. The van der Waals surface area contributed by atoms with Gasteiger partial charge in [-0.2, -0.15) is 4.98 Å². The Morgan fingerprint density at radius 3 is 2.90 bits per heavy atom. The maximum Gasteiger partial charge on any atom is 0.268 e. The zero-order valence-corrected chi connectivity index (χ0v) is 11.9. The molecule has 0 fully saturated rings. The van der Waals surface area contributed by atoms with Crippen LogP contribution >= 0.6 is 11.3 Å². The first-order chi connectivity index (χ1) is 10.4. The second-order valence-corrected chi connectivity index (χ2v) is 5.59. The molecule has 0 unspecified atom stereocenters. The van der Waals surface area contributed by atoms with Crippen molar-refractivity contribution in [1.82, 2.24) is 15.5 Å². The standard InChI is InChI=1S/C15H12N4OS/c1-3-10(13-16-6-7-17-13)9-11(4-1)14-18-15(20-19-14)12-5-2-8-21-12/h1-5,8-9H,6-7H2,(H,16,17). The molecule has 1 N–H and O–H groups in total. The molecule has 1 aromatic carbocycles. The van der Waals surface area contributed by atoms with Crippen LogP contribution in [0.3, 0.4) is 0 Å². The van der Waals surface area contributed by atoms with Gasteiger partial charge in [0.1, 0.15) is 5.84 Å². The third kappa shape index (κ3) is 2.34. The summed E-state index contributed by atoms with van der Waals surface area (Å²) in [5.74, 6) is 2.08. The average molecular weight is 296 g/mol. The lowest BCUT2D eigenvalue weighted by molar-refractivity contribution is 0.433. The molecule has 1 aliphatic rings. The van der Waals surface area contributed by atoms with Crippen LogP contribution in [0.2, 0.25) is 0 Å². The molecule has 5 nitrogen and oxygen atoms in total. The van der Waals surface area contributed by atoms with Gasteiger partial charge in [-0.05, 0) is 17.5 Å². The lowest BCUT2D eigenvalue weighted by Crippen LogP contribution is -2.19. The highest BCUT2D eigenvalue weighted by Crippen LogP contribution is 2.26. The highest BCUT2D eigenvalue weighted by atomic mass is 32.1. The Morgan fingerprint density at radius 2 is 2.10 bits per heavy atom. The van der Waals surface area contributed by atoms with E-state index in [9.17, 15) is 0 Å². The van der Waals surface area contributed by atoms with Crippen molar-refractivity contribution in [3.05, 3.63) is 47.3 Å². The van der Waals surface area contributed by atoms with Crippen LogP contribution in [0.25, 0.3) is 22.2 Å². The largest absolute Gasteiger partial charge is 0.368 e. The summed E-state index contributed by atoms with van der Waals surface area (Å²) >= 11 is 1.58. The fraction of sp³-hybridized carbons (Fsp3) is 0.133. The van der Waals surface area contributed by atoms with Crippen LogP contribution in [0.4, 0.5) is 0 Å². The summed E-state index contributed by atoms with van der Waals surface area (Å²) in [6, 6.07) is 11.9. The summed E-state index contributed by atoms with van der Waals surface area (Å²) in [5.41, 5.74) is 1.97. The minimum Gasteiger partial charge on any atom is -0.368 e. The van der Waals surface area contributed by atoms with E-state index in [0.717, 1.165) is 34.9 Å². The normalized spacial score (nSPS) is 14.0. The maximum absolute atomic E-state index is 5.33. The lowest BCUT2D eigenvalue weighted by atomic mass is 10.1. The van der Waals surface area contributed by atoms with Gasteiger partial charge in [-0.25, -0.2) is 0 Å². The zero-order valence-electron chi connectivity index (χ0n) is 11.1. The van der Waals surface area contributed by atoms with Gasteiger partial charge in [-0.3, -0.25) is 4.99 Å². The number of nitrogens with one attached hydrogen (secondary N) is 1. The summed E-state index contributed by atoms with van der Waals surface area (Å²) < 4.78 is 5.33. The van der Waals surface area contributed by atoms with Gasteiger partial charge in [0.05, 0.1) is 11.4 Å². The number of hydrogen-bond acceptors (Lipinski definition) is 6. The SMILES string of the molecule is c1cc(C2=NCCN2)cc(-c2noc(-c3cccs3)n2)c1. The van der Waals surface area contributed by atoms with Gasteiger partial charge >= 0.3 is 0 Å². The summed E-state index contributed by atoms with van der Waals surface area (Å²) in [4.78, 5) is 9.87. The molecule has 3 aromatic rings. The molecular formula is C15H12N4OS. The molecule has 0 bridgehead atoms. The van der Waals surface area contributed by atoms with E-state index in [4.69, 9.17) is 4.52 Å². The van der Waals surface area contributed by atoms with Crippen LogP contribution in [-0.4, -0.2) is 29.1 Å². The van der Waals surface area contributed by atoms with Crippen LogP contribution in [0, 0.1) is 0 Å². The zero-order chi connectivity index (χ0) is 14.1. The van der Waals surface area contributed by atoms with Crippen molar-refractivity contribution in [2.45, 2.75) is 0 Å². The molecule has 104 valence electrons. The Balaban J connectivity index is 1.69. The Morgan fingerprint density at radius 1 is 1.14 bits per heavy atom. The predicted molar refractivity (Wildman–Crippen MR) is 82.5 cm³/mol. The Hall–Kier alpha value is -2.47. The molecule has 0 saturated heterocycles. The van der Waals surface area contributed by atoms with Gasteiger partial charge in [0, 0.05) is 17.7 Å². The molecule has 21 heavy (non-hydrogen) atoms. The monoisotopic (exact) mass is 296 g/mol. The predicted octanol–water partition coefficient (Wildman–Crippen LogP) is 2.81. The van der Waals surface area contributed by atoms with Crippen molar-refractivity contribution >= 4 is 17.2 Å². The summed E-state index contributed by atoms with van der Waals surface area (Å²) in [5, 5.41) is 9.33. The molecule has 2 aromatic heterocycles. The summed E-state index contributed by atoms with van der Waals surface area (Å²) in [6.45, 7) is 1.72. The van der Waals surface area contributed by atoms with Gasteiger partial charge in [0.2, 0.25) is 5.82 Å². The Kier molecular flexibility index (Phi) is 3.01. The molecule has 4 rings (SSSR count). The number of amidine groups is 1. The van der Waals surface area contributed by atoms with Crippen molar-refractivity contribution in [1.29, 1.82) is 0 Å². The van der Waals surface area contributed by atoms with Gasteiger partial charge in [-0.1, -0.05) is 29.4 Å².